The van der Waals surface area contributed by atoms with Gasteiger partial charge < -0.3 is 24.8 Å². The molecule has 1 fully saturated rings. The van der Waals surface area contributed by atoms with Gasteiger partial charge in [-0.25, -0.2) is 9.97 Å². The van der Waals surface area contributed by atoms with Crippen molar-refractivity contribution in [1.82, 2.24) is 15.3 Å². The molecule has 1 unspecified atom stereocenters. The lowest BCUT2D eigenvalue weighted by Gasteiger charge is -2.33. The molecule has 0 radical (unpaired) electrons. The molecular formula is C22H30N4O4. The molecule has 1 aromatic heterocycles. The minimum atomic E-state index is -0.703. The number of hydrogen-bond donors (Lipinski definition) is 2. The van der Waals surface area contributed by atoms with Gasteiger partial charge in [0.25, 0.3) is 5.91 Å². The lowest BCUT2D eigenvalue weighted by atomic mass is 10.1. The van der Waals surface area contributed by atoms with Crippen molar-refractivity contribution in [2.45, 2.75) is 45.3 Å². The van der Waals surface area contributed by atoms with Crippen molar-refractivity contribution in [3.63, 3.8) is 0 Å². The number of aromatic nitrogens is 2. The summed E-state index contributed by atoms with van der Waals surface area (Å²) in [6.45, 7) is 7.36. The van der Waals surface area contributed by atoms with Crippen molar-refractivity contribution < 1.29 is 19.4 Å². The van der Waals surface area contributed by atoms with Crippen LogP contribution >= 0.6 is 0 Å². The van der Waals surface area contributed by atoms with Crippen LogP contribution in [0.15, 0.2) is 36.7 Å². The first-order valence-corrected chi connectivity index (χ1v) is 10.3. The van der Waals surface area contributed by atoms with Gasteiger partial charge in [-0.2, -0.15) is 0 Å². The van der Waals surface area contributed by atoms with Gasteiger partial charge >= 0.3 is 0 Å². The molecule has 1 atom stereocenters. The molecule has 1 aliphatic rings. The molecule has 2 N–H and O–H groups in total. The molecule has 0 saturated carbocycles. The molecular weight excluding hydrogens is 384 g/mol. The number of carbonyl (C=O) groups is 1. The second-order valence-corrected chi connectivity index (χ2v) is 7.98. The van der Waals surface area contributed by atoms with Crippen LogP contribution in [-0.2, 0) is 0 Å². The van der Waals surface area contributed by atoms with Crippen LogP contribution in [-0.4, -0.2) is 58.9 Å². The van der Waals surface area contributed by atoms with Gasteiger partial charge in [-0.3, -0.25) is 4.79 Å². The van der Waals surface area contributed by atoms with Gasteiger partial charge in [0.1, 0.15) is 6.10 Å². The summed E-state index contributed by atoms with van der Waals surface area (Å²) in [5.74, 6) is 1.74. The number of amides is 1. The number of carbonyl (C=O) groups excluding carboxylic acids is 1. The number of rotatable bonds is 8. The SMILES string of the molecule is CCOc1ccccc1OC1CCCN(c2ncc(C(=O)NC(C)(C)CO)cn2)C1. The molecule has 1 amide bonds. The van der Waals surface area contributed by atoms with Gasteiger partial charge in [-0.1, -0.05) is 12.1 Å². The molecule has 2 aromatic rings. The molecule has 1 saturated heterocycles. The van der Waals surface area contributed by atoms with E-state index in [2.05, 4.69) is 20.2 Å². The number of aliphatic hydroxyl groups excluding tert-OH is 1. The summed E-state index contributed by atoms with van der Waals surface area (Å²) in [5.41, 5.74) is -0.346. The van der Waals surface area contributed by atoms with Crippen molar-refractivity contribution in [1.29, 1.82) is 0 Å². The quantitative estimate of drug-likeness (QED) is 0.685. The zero-order valence-corrected chi connectivity index (χ0v) is 17.8. The monoisotopic (exact) mass is 414 g/mol. The van der Waals surface area contributed by atoms with Gasteiger partial charge in [0.2, 0.25) is 5.95 Å². The van der Waals surface area contributed by atoms with E-state index in [0.717, 1.165) is 30.9 Å². The number of benzene rings is 1. The number of ether oxygens (including phenoxy) is 2. The third-order valence-electron chi connectivity index (χ3n) is 4.85. The maximum Gasteiger partial charge on any atom is 0.254 e. The first-order chi connectivity index (χ1) is 14.4. The third kappa shape index (κ3) is 5.60. The Morgan fingerprint density at radius 3 is 2.63 bits per heavy atom. The van der Waals surface area contributed by atoms with E-state index in [1.165, 1.54) is 12.4 Å². The fourth-order valence-corrected chi connectivity index (χ4v) is 3.24. The van der Waals surface area contributed by atoms with E-state index in [9.17, 15) is 9.90 Å². The molecule has 0 bridgehead atoms. The van der Waals surface area contributed by atoms with Crippen LogP contribution in [0.5, 0.6) is 11.5 Å². The summed E-state index contributed by atoms with van der Waals surface area (Å²) in [7, 11) is 0. The van der Waals surface area contributed by atoms with E-state index in [1.54, 1.807) is 13.8 Å². The number of para-hydroxylation sites is 2. The molecule has 0 spiro atoms. The van der Waals surface area contributed by atoms with E-state index in [1.807, 2.05) is 31.2 Å². The Morgan fingerprint density at radius 2 is 1.97 bits per heavy atom. The fraction of sp³-hybridized carbons (Fsp3) is 0.500. The summed E-state index contributed by atoms with van der Waals surface area (Å²) in [5, 5.41) is 12.1. The fourth-order valence-electron chi connectivity index (χ4n) is 3.24. The smallest absolute Gasteiger partial charge is 0.254 e. The first-order valence-electron chi connectivity index (χ1n) is 10.3. The van der Waals surface area contributed by atoms with Crippen LogP contribution in [0.3, 0.4) is 0 Å². The minimum Gasteiger partial charge on any atom is -0.490 e. The van der Waals surface area contributed by atoms with E-state index in [0.29, 0.717) is 24.7 Å². The Labute approximate surface area is 177 Å². The highest BCUT2D eigenvalue weighted by atomic mass is 16.5. The van der Waals surface area contributed by atoms with E-state index in [-0.39, 0.29) is 18.6 Å². The number of nitrogens with zero attached hydrogens (tertiary/aromatic N) is 3. The summed E-state index contributed by atoms with van der Waals surface area (Å²) in [6, 6.07) is 7.69. The molecule has 3 rings (SSSR count). The third-order valence-corrected chi connectivity index (χ3v) is 4.85. The van der Waals surface area contributed by atoms with Crippen molar-refractivity contribution in [3.8, 4) is 11.5 Å². The molecule has 8 nitrogen and oxygen atoms in total. The van der Waals surface area contributed by atoms with Gasteiger partial charge in [0, 0.05) is 18.9 Å². The first kappa shape index (κ1) is 21.8. The average molecular weight is 415 g/mol. The highest BCUT2D eigenvalue weighted by Gasteiger charge is 2.25. The lowest BCUT2D eigenvalue weighted by Crippen LogP contribution is -2.46. The average Bonchev–Trinajstić information content (AvgIpc) is 2.75. The number of anilines is 1. The van der Waals surface area contributed by atoms with Crippen LogP contribution < -0.4 is 19.7 Å². The van der Waals surface area contributed by atoms with Crippen LogP contribution in [0.4, 0.5) is 5.95 Å². The molecule has 1 aromatic carbocycles. The van der Waals surface area contributed by atoms with Crippen molar-refractivity contribution in [2.75, 3.05) is 31.2 Å². The highest BCUT2D eigenvalue weighted by molar-refractivity contribution is 5.94. The maximum absolute atomic E-state index is 12.3. The molecule has 0 aliphatic carbocycles. The molecule has 8 heteroatoms. The van der Waals surface area contributed by atoms with Crippen molar-refractivity contribution >= 4 is 11.9 Å². The summed E-state index contributed by atoms with van der Waals surface area (Å²) >= 11 is 0. The summed E-state index contributed by atoms with van der Waals surface area (Å²) in [4.78, 5) is 23.1. The zero-order chi connectivity index (χ0) is 21.6. The maximum atomic E-state index is 12.3. The second-order valence-electron chi connectivity index (χ2n) is 7.98. The predicted molar refractivity (Wildman–Crippen MR) is 114 cm³/mol. The summed E-state index contributed by atoms with van der Waals surface area (Å²) < 4.78 is 11.9. The number of piperidine rings is 1. The number of aliphatic hydroxyl groups is 1. The zero-order valence-electron chi connectivity index (χ0n) is 17.8. The van der Waals surface area contributed by atoms with Crippen molar-refractivity contribution in [3.05, 3.63) is 42.2 Å². The molecule has 1 aliphatic heterocycles. The molecule has 162 valence electrons. The molecule has 30 heavy (non-hydrogen) atoms. The van der Waals surface area contributed by atoms with Gasteiger partial charge in [-0.05, 0) is 45.7 Å². The Balaban J connectivity index is 1.64. The largest absolute Gasteiger partial charge is 0.490 e. The van der Waals surface area contributed by atoms with E-state index in [4.69, 9.17) is 9.47 Å². The summed E-state index contributed by atoms with van der Waals surface area (Å²) in [6.07, 6.45) is 4.92. The Kier molecular flexibility index (Phi) is 7.10. The van der Waals surface area contributed by atoms with Gasteiger partial charge in [0.15, 0.2) is 11.5 Å². The predicted octanol–water partition coefficient (Wildman–Crippen LogP) is 2.42. The number of nitrogens with one attached hydrogen (secondary N) is 1. The standard InChI is InChI=1S/C22H30N4O4/c1-4-29-18-9-5-6-10-19(18)30-17-8-7-11-26(14-17)21-23-12-16(13-24-21)20(28)25-22(2,3)15-27/h5-6,9-10,12-13,17,27H,4,7-8,11,14-15H2,1-3H3,(H,25,28). The van der Waals surface area contributed by atoms with Crippen LogP contribution in [0.1, 0.15) is 44.0 Å². The Bertz CT molecular complexity index is 841. The second kappa shape index (κ2) is 9.75. The highest BCUT2D eigenvalue weighted by Crippen LogP contribution is 2.29. The Morgan fingerprint density at radius 1 is 1.27 bits per heavy atom. The van der Waals surface area contributed by atoms with Gasteiger partial charge in [-0.15, -0.1) is 0 Å². The normalized spacial score (nSPS) is 16.8. The topological polar surface area (TPSA) is 96.8 Å². The van der Waals surface area contributed by atoms with E-state index < -0.39 is 5.54 Å². The minimum absolute atomic E-state index is 0.00251. The van der Waals surface area contributed by atoms with Crippen LogP contribution in [0.25, 0.3) is 0 Å². The van der Waals surface area contributed by atoms with Crippen molar-refractivity contribution in [2.24, 2.45) is 0 Å². The Hall–Kier alpha value is -2.87. The molecule has 2 heterocycles. The van der Waals surface area contributed by atoms with Gasteiger partial charge in [0.05, 0.1) is 30.9 Å². The lowest BCUT2D eigenvalue weighted by molar-refractivity contribution is 0.0868. The number of hydrogen-bond acceptors (Lipinski definition) is 7. The van der Waals surface area contributed by atoms with Crippen LogP contribution in [0.2, 0.25) is 0 Å². The van der Waals surface area contributed by atoms with E-state index >= 15 is 0 Å². The van der Waals surface area contributed by atoms with Crippen LogP contribution in [0, 0.1) is 0 Å².